The Bertz CT molecular complexity index is 1900. The molecule has 0 atom stereocenters. The zero-order valence-electron chi connectivity index (χ0n) is 23.7. The second kappa shape index (κ2) is 11.0. The summed E-state index contributed by atoms with van der Waals surface area (Å²) in [6.45, 7) is 4.73. The molecule has 0 bridgehead atoms. The number of methoxy groups -OCH3 is 1. The molecule has 0 aliphatic carbocycles. The van der Waals surface area contributed by atoms with Crippen LogP contribution in [0.25, 0.3) is 44.5 Å². The van der Waals surface area contributed by atoms with E-state index in [9.17, 15) is 8.42 Å². The largest absolute Gasteiger partial charge is 0.481 e. The van der Waals surface area contributed by atoms with Crippen LogP contribution in [0.15, 0.2) is 78.0 Å². The quantitative estimate of drug-likeness (QED) is 0.290. The van der Waals surface area contributed by atoms with E-state index in [1.807, 2.05) is 43.5 Å². The Kier molecular flexibility index (Phi) is 7.26. The summed E-state index contributed by atoms with van der Waals surface area (Å²) < 4.78 is 36.1. The maximum Gasteiger partial charge on any atom is 0.212 e. The average molecular weight is 582 g/mol. The van der Waals surface area contributed by atoms with Gasteiger partial charge in [0.1, 0.15) is 0 Å². The summed E-state index contributed by atoms with van der Waals surface area (Å²) in [6.07, 6.45) is 4.83. The summed E-state index contributed by atoms with van der Waals surface area (Å²) in [5.74, 6) is 0.515. The smallest absolute Gasteiger partial charge is 0.212 e. The van der Waals surface area contributed by atoms with Gasteiger partial charge in [-0.15, -0.1) is 0 Å². The van der Waals surface area contributed by atoms with Gasteiger partial charge < -0.3 is 20.1 Å². The summed E-state index contributed by atoms with van der Waals surface area (Å²) in [5.41, 5.74) is 14.2. The van der Waals surface area contributed by atoms with Crippen molar-refractivity contribution in [3.05, 3.63) is 78.6 Å². The third kappa shape index (κ3) is 5.03. The number of morpholine rings is 1. The number of aromatic nitrogens is 3. The van der Waals surface area contributed by atoms with E-state index in [1.165, 1.54) is 6.26 Å². The van der Waals surface area contributed by atoms with Crippen LogP contribution in [-0.4, -0.2) is 63.0 Å². The first kappa shape index (κ1) is 27.6. The molecule has 2 N–H and O–H groups in total. The lowest BCUT2D eigenvalue weighted by atomic mass is 9.93. The first-order chi connectivity index (χ1) is 20.3. The number of pyridine rings is 3. The molecule has 9 nitrogen and oxygen atoms in total. The SMILES string of the molecule is COc1ccc(-c2ncc(N3CCOCC3)cc2-c2cccc3nc(-c4ccccc4S(C)(=O)=O)c(C)c(N)c23)cn1. The Hall–Kier alpha value is -4.54. The van der Waals surface area contributed by atoms with Crippen molar-refractivity contribution >= 4 is 32.1 Å². The zero-order valence-corrected chi connectivity index (χ0v) is 24.5. The Morgan fingerprint density at radius 3 is 2.38 bits per heavy atom. The van der Waals surface area contributed by atoms with E-state index in [0.29, 0.717) is 47.1 Å². The molecule has 42 heavy (non-hydrogen) atoms. The van der Waals surface area contributed by atoms with Gasteiger partial charge in [-0.1, -0.05) is 30.3 Å². The van der Waals surface area contributed by atoms with Gasteiger partial charge in [0.05, 0.1) is 54.0 Å². The predicted molar refractivity (Wildman–Crippen MR) is 165 cm³/mol. The van der Waals surface area contributed by atoms with Crippen molar-refractivity contribution in [1.82, 2.24) is 15.0 Å². The van der Waals surface area contributed by atoms with Crippen LogP contribution >= 0.6 is 0 Å². The molecule has 2 aromatic carbocycles. The van der Waals surface area contributed by atoms with Crippen LogP contribution in [-0.2, 0) is 14.6 Å². The van der Waals surface area contributed by atoms with Gasteiger partial charge in [0.15, 0.2) is 9.84 Å². The van der Waals surface area contributed by atoms with Gasteiger partial charge in [0, 0.05) is 59.4 Å². The van der Waals surface area contributed by atoms with E-state index in [0.717, 1.165) is 46.5 Å². The lowest BCUT2D eigenvalue weighted by molar-refractivity contribution is 0.122. The number of benzene rings is 2. The van der Waals surface area contributed by atoms with E-state index in [1.54, 1.807) is 37.6 Å². The lowest BCUT2D eigenvalue weighted by Crippen LogP contribution is -2.36. The van der Waals surface area contributed by atoms with E-state index < -0.39 is 9.84 Å². The number of anilines is 2. The highest BCUT2D eigenvalue weighted by Gasteiger charge is 2.22. The first-order valence-electron chi connectivity index (χ1n) is 13.6. The second-order valence-electron chi connectivity index (χ2n) is 10.2. The molecular formula is C32H31N5O4S. The Morgan fingerprint density at radius 2 is 1.67 bits per heavy atom. The molecule has 0 saturated carbocycles. The zero-order chi connectivity index (χ0) is 29.4. The standard InChI is InChI=1S/C32H31N5O4S/c1-20-30(33)29-23(8-6-9-26(29)36-31(20)24-7-4-5-10-27(24)42(3,38)39)25-17-22(37-13-15-41-16-14-37)19-35-32(25)21-11-12-28(40-2)34-18-21/h4-12,17-19H,13-16H2,1-3H3,(H2,33,36). The molecule has 0 amide bonds. The second-order valence-corrected chi connectivity index (χ2v) is 12.2. The lowest BCUT2D eigenvalue weighted by Gasteiger charge is -2.29. The predicted octanol–water partition coefficient (Wildman–Crippen LogP) is 5.17. The molecule has 10 heteroatoms. The number of fused-ring (bicyclic) bond motifs is 1. The fourth-order valence-corrected chi connectivity index (χ4v) is 6.32. The molecular weight excluding hydrogens is 550 g/mol. The van der Waals surface area contributed by atoms with Crippen LogP contribution < -0.4 is 15.4 Å². The highest BCUT2D eigenvalue weighted by Crippen LogP contribution is 2.42. The molecule has 4 heterocycles. The van der Waals surface area contributed by atoms with Gasteiger partial charge in [-0.2, -0.15) is 0 Å². The van der Waals surface area contributed by atoms with Gasteiger partial charge in [-0.05, 0) is 42.3 Å². The highest BCUT2D eigenvalue weighted by atomic mass is 32.2. The van der Waals surface area contributed by atoms with Crippen molar-refractivity contribution in [2.75, 3.05) is 50.3 Å². The van der Waals surface area contributed by atoms with Crippen molar-refractivity contribution in [3.63, 3.8) is 0 Å². The third-order valence-electron chi connectivity index (χ3n) is 7.60. The number of nitrogens with two attached hydrogens (primary N) is 1. The van der Waals surface area contributed by atoms with Gasteiger partial charge in [0.2, 0.25) is 5.88 Å². The summed E-state index contributed by atoms with van der Waals surface area (Å²) in [5, 5.41) is 0.777. The monoisotopic (exact) mass is 581 g/mol. The maximum absolute atomic E-state index is 12.6. The number of nitrogen functional groups attached to an aromatic ring is 1. The van der Waals surface area contributed by atoms with Gasteiger partial charge in [0.25, 0.3) is 0 Å². The summed E-state index contributed by atoms with van der Waals surface area (Å²) in [6, 6.07) is 18.6. The minimum atomic E-state index is -3.49. The molecule has 5 aromatic rings. The number of ether oxygens (including phenoxy) is 2. The molecule has 1 saturated heterocycles. The number of nitrogens with zero attached hydrogens (tertiary/aromatic N) is 4. The van der Waals surface area contributed by atoms with Gasteiger partial charge in [-0.3, -0.25) is 4.98 Å². The highest BCUT2D eigenvalue weighted by molar-refractivity contribution is 7.90. The molecule has 1 fully saturated rings. The van der Waals surface area contributed by atoms with Gasteiger partial charge >= 0.3 is 0 Å². The van der Waals surface area contributed by atoms with E-state index in [2.05, 4.69) is 16.0 Å². The van der Waals surface area contributed by atoms with Crippen molar-refractivity contribution in [2.45, 2.75) is 11.8 Å². The fourth-order valence-electron chi connectivity index (χ4n) is 5.43. The minimum absolute atomic E-state index is 0.215. The van der Waals surface area contributed by atoms with Crippen LogP contribution in [0.1, 0.15) is 5.56 Å². The normalized spacial score (nSPS) is 13.8. The maximum atomic E-state index is 12.6. The molecule has 0 radical (unpaired) electrons. The van der Waals surface area contributed by atoms with Gasteiger partial charge in [-0.25, -0.2) is 18.4 Å². The molecule has 214 valence electrons. The number of hydrogen-bond acceptors (Lipinski definition) is 9. The Labute approximate surface area is 244 Å². The first-order valence-corrected chi connectivity index (χ1v) is 15.5. The van der Waals surface area contributed by atoms with Crippen molar-refractivity contribution in [1.29, 1.82) is 0 Å². The number of rotatable bonds is 6. The molecule has 1 aliphatic heterocycles. The molecule has 1 aliphatic rings. The molecule has 6 rings (SSSR count). The summed E-state index contributed by atoms with van der Waals surface area (Å²) in [7, 11) is -1.91. The van der Waals surface area contributed by atoms with Crippen LogP contribution in [0.2, 0.25) is 0 Å². The number of sulfone groups is 1. The third-order valence-corrected chi connectivity index (χ3v) is 8.76. The summed E-state index contributed by atoms with van der Waals surface area (Å²) >= 11 is 0. The van der Waals surface area contributed by atoms with Crippen molar-refractivity contribution in [2.24, 2.45) is 0 Å². The van der Waals surface area contributed by atoms with E-state index in [-0.39, 0.29) is 4.90 Å². The van der Waals surface area contributed by atoms with Crippen molar-refractivity contribution < 1.29 is 17.9 Å². The molecule has 0 unspecified atom stereocenters. The molecule has 3 aromatic heterocycles. The van der Waals surface area contributed by atoms with E-state index >= 15 is 0 Å². The van der Waals surface area contributed by atoms with Crippen LogP contribution in [0.5, 0.6) is 5.88 Å². The van der Waals surface area contributed by atoms with Crippen molar-refractivity contribution in [3.8, 4) is 39.5 Å². The Morgan fingerprint density at radius 1 is 0.905 bits per heavy atom. The number of hydrogen-bond donors (Lipinski definition) is 1. The van der Waals surface area contributed by atoms with Crippen LogP contribution in [0, 0.1) is 6.92 Å². The van der Waals surface area contributed by atoms with E-state index in [4.69, 9.17) is 25.2 Å². The average Bonchev–Trinajstić information content (AvgIpc) is 3.02. The van der Waals surface area contributed by atoms with Crippen LogP contribution in [0.4, 0.5) is 11.4 Å². The topological polar surface area (TPSA) is 121 Å². The van der Waals surface area contributed by atoms with Crippen LogP contribution in [0.3, 0.4) is 0 Å². The summed E-state index contributed by atoms with van der Waals surface area (Å²) in [4.78, 5) is 16.8. The molecule has 0 spiro atoms. The minimum Gasteiger partial charge on any atom is -0.481 e. The Balaban J connectivity index is 1.59. The fraction of sp³-hybridized carbons (Fsp3) is 0.219.